The number of hydrogen-bond donors (Lipinski definition) is 1. The summed E-state index contributed by atoms with van der Waals surface area (Å²) in [5, 5.41) is 18.8. The predicted molar refractivity (Wildman–Crippen MR) is 82.5 cm³/mol. The molecular formula is C16H26N4O2. The van der Waals surface area contributed by atoms with Gasteiger partial charge in [-0.15, -0.1) is 10.2 Å². The molecule has 0 saturated carbocycles. The number of nitrogens with zero attached hydrogens (tertiary/aromatic N) is 4. The van der Waals surface area contributed by atoms with Crippen LogP contribution < -0.4 is 0 Å². The van der Waals surface area contributed by atoms with Gasteiger partial charge in [0.1, 0.15) is 5.82 Å². The van der Waals surface area contributed by atoms with E-state index in [1.807, 2.05) is 16.4 Å². The summed E-state index contributed by atoms with van der Waals surface area (Å²) in [6.07, 6.45) is 5.79. The molecule has 1 amide bonds. The Labute approximate surface area is 131 Å². The zero-order valence-electron chi connectivity index (χ0n) is 13.6. The molecule has 2 atom stereocenters. The van der Waals surface area contributed by atoms with E-state index in [2.05, 4.69) is 17.1 Å². The lowest BCUT2D eigenvalue weighted by molar-refractivity contribution is -0.0524. The molecule has 3 rings (SSSR count). The minimum absolute atomic E-state index is 0.0328. The molecule has 6 heteroatoms. The van der Waals surface area contributed by atoms with Crippen LogP contribution in [0.4, 0.5) is 0 Å². The lowest BCUT2D eigenvalue weighted by Crippen LogP contribution is -2.52. The van der Waals surface area contributed by atoms with Crippen LogP contribution in [0, 0.1) is 5.92 Å². The highest BCUT2D eigenvalue weighted by atomic mass is 16.3. The summed E-state index contributed by atoms with van der Waals surface area (Å²) >= 11 is 0. The lowest BCUT2D eigenvalue weighted by Gasteiger charge is -2.42. The molecule has 1 fully saturated rings. The minimum Gasteiger partial charge on any atom is -0.390 e. The summed E-state index contributed by atoms with van der Waals surface area (Å²) < 4.78 is 2.00. The molecule has 2 aliphatic rings. The number of aryl methyl sites for hydroxylation is 1. The minimum atomic E-state index is -0.673. The standard InChI is InChI=1S/C16H26N4O2/c1-3-12-11-19(10-8-16(12,2)22)15(21)14-18-17-13-7-5-4-6-9-20(13)14/h12,22H,3-11H2,1-2H3/t12-,16+/m0/s1. The molecular weight excluding hydrogens is 280 g/mol. The van der Waals surface area contributed by atoms with Crippen molar-refractivity contribution in [3.63, 3.8) is 0 Å². The van der Waals surface area contributed by atoms with Gasteiger partial charge in [-0.2, -0.15) is 0 Å². The molecule has 0 aromatic carbocycles. The molecule has 0 radical (unpaired) electrons. The van der Waals surface area contributed by atoms with E-state index in [4.69, 9.17) is 0 Å². The van der Waals surface area contributed by atoms with Crippen molar-refractivity contribution >= 4 is 5.91 Å². The molecule has 1 aromatic rings. The summed E-state index contributed by atoms with van der Waals surface area (Å²) in [4.78, 5) is 14.7. The van der Waals surface area contributed by atoms with Gasteiger partial charge in [0.2, 0.25) is 5.82 Å². The zero-order chi connectivity index (χ0) is 15.7. The quantitative estimate of drug-likeness (QED) is 0.901. The zero-order valence-corrected chi connectivity index (χ0v) is 13.6. The largest absolute Gasteiger partial charge is 0.390 e. The maximum atomic E-state index is 12.8. The number of amides is 1. The number of rotatable bonds is 2. The van der Waals surface area contributed by atoms with Gasteiger partial charge in [0.25, 0.3) is 5.91 Å². The molecule has 122 valence electrons. The summed E-state index contributed by atoms with van der Waals surface area (Å²) in [5.74, 6) is 1.51. The maximum absolute atomic E-state index is 12.8. The van der Waals surface area contributed by atoms with Gasteiger partial charge in [-0.1, -0.05) is 13.3 Å². The van der Waals surface area contributed by atoms with Gasteiger partial charge in [-0.05, 0) is 32.6 Å². The van der Waals surface area contributed by atoms with Gasteiger partial charge in [-0.3, -0.25) is 4.79 Å². The van der Waals surface area contributed by atoms with Crippen molar-refractivity contribution in [1.29, 1.82) is 0 Å². The molecule has 22 heavy (non-hydrogen) atoms. The summed E-state index contributed by atoms with van der Waals surface area (Å²) in [7, 11) is 0. The van der Waals surface area contributed by atoms with E-state index in [9.17, 15) is 9.90 Å². The summed E-state index contributed by atoms with van der Waals surface area (Å²) in [6, 6.07) is 0. The molecule has 3 heterocycles. The highest BCUT2D eigenvalue weighted by molar-refractivity contribution is 5.90. The average molecular weight is 306 g/mol. The monoisotopic (exact) mass is 306 g/mol. The number of aromatic nitrogens is 3. The van der Waals surface area contributed by atoms with Crippen molar-refractivity contribution in [2.45, 2.75) is 64.5 Å². The highest BCUT2D eigenvalue weighted by Crippen LogP contribution is 2.30. The van der Waals surface area contributed by atoms with Crippen LogP contribution in [0.1, 0.15) is 62.4 Å². The maximum Gasteiger partial charge on any atom is 0.291 e. The first-order valence-electron chi connectivity index (χ1n) is 8.46. The molecule has 1 saturated heterocycles. The van der Waals surface area contributed by atoms with Gasteiger partial charge in [0.05, 0.1) is 5.60 Å². The molecule has 1 N–H and O–H groups in total. The van der Waals surface area contributed by atoms with Gasteiger partial charge >= 0.3 is 0 Å². The Morgan fingerprint density at radius 2 is 2.14 bits per heavy atom. The topological polar surface area (TPSA) is 71.2 Å². The Morgan fingerprint density at radius 3 is 2.91 bits per heavy atom. The van der Waals surface area contributed by atoms with E-state index in [0.29, 0.717) is 25.3 Å². The van der Waals surface area contributed by atoms with Crippen molar-refractivity contribution in [1.82, 2.24) is 19.7 Å². The second kappa shape index (κ2) is 5.99. The molecule has 6 nitrogen and oxygen atoms in total. The molecule has 0 aliphatic carbocycles. The van der Waals surface area contributed by atoms with Crippen LogP contribution in [-0.2, 0) is 13.0 Å². The summed E-state index contributed by atoms with van der Waals surface area (Å²) in [6.45, 7) is 5.98. The van der Waals surface area contributed by atoms with E-state index >= 15 is 0 Å². The molecule has 0 unspecified atom stereocenters. The fourth-order valence-corrected chi connectivity index (χ4v) is 3.66. The highest BCUT2D eigenvalue weighted by Gasteiger charge is 2.39. The third-order valence-electron chi connectivity index (χ3n) is 5.29. The lowest BCUT2D eigenvalue weighted by atomic mass is 9.81. The predicted octanol–water partition coefficient (Wildman–Crippen LogP) is 1.63. The van der Waals surface area contributed by atoms with Gasteiger partial charge in [0.15, 0.2) is 0 Å². The van der Waals surface area contributed by atoms with Crippen LogP contribution in [0.3, 0.4) is 0 Å². The van der Waals surface area contributed by atoms with E-state index in [0.717, 1.165) is 38.1 Å². The molecule has 1 aromatic heterocycles. The first-order valence-corrected chi connectivity index (χ1v) is 8.46. The van der Waals surface area contributed by atoms with Crippen LogP contribution in [0.5, 0.6) is 0 Å². The molecule has 2 aliphatic heterocycles. The van der Waals surface area contributed by atoms with Gasteiger partial charge in [-0.25, -0.2) is 0 Å². The van der Waals surface area contributed by atoms with Crippen molar-refractivity contribution in [2.24, 2.45) is 5.92 Å². The second-order valence-electron chi connectivity index (χ2n) is 6.87. The van der Waals surface area contributed by atoms with Crippen LogP contribution in [0.2, 0.25) is 0 Å². The van der Waals surface area contributed by atoms with Crippen molar-refractivity contribution in [2.75, 3.05) is 13.1 Å². The Kier molecular flexibility index (Phi) is 4.21. The fourth-order valence-electron chi connectivity index (χ4n) is 3.66. The van der Waals surface area contributed by atoms with E-state index in [1.165, 1.54) is 6.42 Å². The Hall–Kier alpha value is -1.43. The van der Waals surface area contributed by atoms with Crippen LogP contribution in [0.25, 0.3) is 0 Å². The Balaban J connectivity index is 1.79. The van der Waals surface area contributed by atoms with Crippen LogP contribution >= 0.6 is 0 Å². The smallest absolute Gasteiger partial charge is 0.291 e. The number of hydrogen-bond acceptors (Lipinski definition) is 4. The second-order valence-corrected chi connectivity index (χ2v) is 6.87. The normalized spacial score (nSPS) is 29.0. The van der Waals surface area contributed by atoms with Gasteiger partial charge < -0.3 is 14.6 Å². The first kappa shape index (κ1) is 15.5. The fraction of sp³-hybridized carbons (Fsp3) is 0.812. The SMILES string of the molecule is CC[C@H]1CN(C(=O)c2nnc3n2CCCCC3)CC[C@@]1(C)O. The summed E-state index contributed by atoms with van der Waals surface area (Å²) in [5.41, 5.74) is -0.673. The average Bonchev–Trinajstić information content (AvgIpc) is 2.75. The Bertz CT molecular complexity index is 552. The number of fused-ring (bicyclic) bond motifs is 1. The first-order chi connectivity index (χ1) is 10.5. The Morgan fingerprint density at radius 1 is 1.32 bits per heavy atom. The van der Waals surface area contributed by atoms with Crippen LogP contribution in [0.15, 0.2) is 0 Å². The number of carbonyl (C=O) groups excluding carboxylic acids is 1. The van der Waals surface area contributed by atoms with Crippen molar-refractivity contribution in [3.05, 3.63) is 11.6 Å². The van der Waals surface area contributed by atoms with Crippen molar-refractivity contribution in [3.8, 4) is 0 Å². The number of carbonyl (C=O) groups is 1. The third-order valence-corrected chi connectivity index (χ3v) is 5.29. The van der Waals surface area contributed by atoms with E-state index < -0.39 is 5.60 Å². The van der Waals surface area contributed by atoms with E-state index in [1.54, 1.807) is 0 Å². The van der Waals surface area contributed by atoms with E-state index in [-0.39, 0.29) is 11.8 Å². The van der Waals surface area contributed by atoms with Gasteiger partial charge in [0, 0.05) is 32.0 Å². The molecule has 0 bridgehead atoms. The third kappa shape index (κ3) is 2.76. The number of likely N-dealkylation sites (tertiary alicyclic amines) is 1. The molecule has 0 spiro atoms. The van der Waals surface area contributed by atoms with Crippen LogP contribution in [-0.4, -0.2) is 49.4 Å². The number of piperidine rings is 1. The van der Waals surface area contributed by atoms with Crippen molar-refractivity contribution < 1.29 is 9.90 Å². The number of aliphatic hydroxyl groups is 1.